The predicted octanol–water partition coefficient (Wildman–Crippen LogP) is 5.36. The van der Waals surface area contributed by atoms with E-state index in [0.29, 0.717) is 0 Å². The van der Waals surface area contributed by atoms with E-state index in [2.05, 4.69) is 76.5 Å². The molecular weight excluding hydrogens is 264 g/mol. The molecule has 22 heavy (non-hydrogen) atoms. The fraction of sp³-hybridized carbons (Fsp3) is 0.364. The summed E-state index contributed by atoms with van der Waals surface area (Å²) in [5, 5.41) is 5.50. The number of rotatable bonds is 0. The molecule has 0 saturated carbocycles. The van der Waals surface area contributed by atoms with Gasteiger partial charge >= 0.3 is 0 Å². The Morgan fingerprint density at radius 1 is 0.864 bits per heavy atom. The molecule has 120 valence electrons. The molecule has 2 aromatic carbocycles. The Morgan fingerprint density at radius 2 is 1.14 bits per heavy atom. The van der Waals surface area contributed by atoms with Gasteiger partial charge in [-0.25, -0.2) is 0 Å². The minimum Gasteiger partial charge on any atom is -0.120 e. The largest absolute Gasteiger partial charge is 0.120 e. The summed E-state index contributed by atoms with van der Waals surface area (Å²) < 4.78 is 0. The molecule has 2 aromatic rings. The van der Waals surface area contributed by atoms with E-state index in [1.165, 1.54) is 32.3 Å². The van der Waals surface area contributed by atoms with Crippen LogP contribution >= 0.6 is 0 Å². The molecule has 0 unspecified atom stereocenters. The highest BCUT2D eigenvalue weighted by Crippen LogP contribution is 2.16. The van der Waals surface area contributed by atoms with Gasteiger partial charge in [-0.3, -0.25) is 0 Å². The standard InChI is InChI=1S/C16H18.C3H4.C2H6.CH4/c1-5-13-11(3)15-9-7-8-10-16(15)12(4)14(13)6-2;1-3-2;1-2;/h5-10H,1-4H3;1H,2H3;1-2H3;1H4/b13-5-,14-6-;;;. The summed E-state index contributed by atoms with van der Waals surface area (Å²) in [6.45, 7) is 14.3. The average Bonchev–Trinajstić information content (AvgIpc) is 2.53. The lowest BCUT2D eigenvalue weighted by Crippen LogP contribution is -2.30. The molecule has 0 aliphatic rings. The molecule has 0 heterocycles. The van der Waals surface area contributed by atoms with Crippen molar-refractivity contribution in [3.63, 3.8) is 0 Å². The Kier molecular flexibility index (Phi) is 11.8. The number of hydrogen-bond acceptors (Lipinski definition) is 0. The molecule has 0 nitrogen and oxygen atoms in total. The molecule has 0 N–H and O–H groups in total. The van der Waals surface area contributed by atoms with Crippen LogP contribution in [0.2, 0.25) is 0 Å². The lowest BCUT2D eigenvalue weighted by molar-refractivity contribution is 1.34. The van der Waals surface area contributed by atoms with Crippen LogP contribution in [0.3, 0.4) is 0 Å². The molecule has 0 bridgehead atoms. The fourth-order valence-corrected chi connectivity index (χ4v) is 2.58. The van der Waals surface area contributed by atoms with Crippen molar-refractivity contribution in [2.45, 2.75) is 55.9 Å². The van der Waals surface area contributed by atoms with Crippen molar-refractivity contribution in [2.24, 2.45) is 0 Å². The maximum atomic E-state index is 4.60. The van der Waals surface area contributed by atoms with E-state index >= 15 is 0 Å². The third-order valence-corrected chi connectivity index (χ3v) is 3.41. The van der Waals surface area contributed by atoms with E-state index in [1.54, 1.807) is 6.92 Å². The van der Waals surface area contributed by atoms with Gasteiger partial charge in [0.15, 0.2) is 0 Å². The van der Waals surface area contributed by atoms with Crippen LogP contribution in [-0.2, 0) is 0 Å². The van der Waals surface area contributed by atoms with Gasteiger partial charge in [-0.05, 0) is 67.0 Å². The van der Waals surface area contributed by atoms with Crippen LogP contribution in [0.25, 0.3) is 22.9 Å². The molecule has 0 amide bonds. The summed E-state index contributed by atoms with van der Waals surface area (Å²) in [5.41, 5.74) is 2.77. The van der Waals surface area contributed by atoms with Gasteiger partial charge in [0.1, 0.15) is 0 Å². The first-order chi connectivity index (χ1) is 10.1. The number of benzene rings is 2. The van der Waals surface area contributed by atoms with Crippen molar-refractivity contribution in [3.05, 3.63) is 45.8 Å². The molecule has 0 atom stereocenters. The van der Waals surface area contributed by atoms with Gasteiger partial charge in [0.2, 0.25) is 0 Å². The third kappa shape index (κ3) is 4.78. The molecule has 0 fully saturated rings. The molecule has 0 aliphatic carbocycles. The second kappa shape index (κ2) is 11.6. The third-order valence-electron chi connectivity index (χ3n) is 3.41. The van der Waals surface area contributed by atoms with Crippen molar-refractivity contribution in [1.29, 1.82) is 0 Å². The van der Waals surface area contributed by atoms with Gasteiger partial charge in [0.05, 0.1) is 0 Å². The van der Waals surface area contributed by atoms with Gasteiger partial charge in [-0.15, -0.1) is 12.3 Å². The zero-order valence-corrected chi connectivity index (χ0v) is 14.5. The van der Waals surface area contributed by atoms with E-state index in [1.807, 2.05) is 13.8 Å². The van der Waals surface area contributed by atoms with Gasteiger partial charge in [0, 0.05) is 0 Å². The second-order valence-corrected chi connectivity index (χ2v) is 4.49. The van der Waals surface area contributed by atoms with E-state index in [0.717, 1.165) is 0 Å². The quantitative estimate of drug-likeness (QED) is 0.574. The Labute approximate surface area is 137 Å². The number of aryl methyl sites for hydroxylation is 2. The van der Waals surface area contributed by atoms with Gasteiger partial charge in [0.25, 0.3) is 0 Å². The lowest BCUT2D eigenvalue weighted by Gasteiger charge is -2.08. The number of hydrogen-bond donors (Lipinski definition) is 0. The van der Waals surface area contributed by atoms with Crippen LogP contribution in [-0.4, -0.2) is 0 Å². The predicted molar refractivity (Wildman–Crippen MR) is 106 cm³/mol. The molecule has 0 aliphatic heterocycles. The highest BCUT2D eigenvalue weighted by Gasteiger charge is 2.03. The average molecular weight is 296 g/mol. The molecule has 0 spiro atoms. The van der Waals surface area contributed by atoms with Crippen LogP contribution in [0.5, 0.6) is 0 Å². The first-order valence-electron chi connectivity index (χ1n) is 7.60. The Hall–Kier alpha value is -2.00. The highest BCUT2D eigenvalue weighted by atomic mass is 14.1. The molecule has 0 aromatic heterocycles. The first kappa shape index (κ1) is 22.3. The summed E-state index contributed by atoms with van der Waals surface area (Å²) in [4.78, 5) is 0. The zero-order valence-electron chi connectivity index (χ0n) is 14.5. The Balaban J connectivity index is 0. The molecule has 0 saturated heterocycles. The maximum Gasteiger partial charge on any atom is -0.00297 e. The summed E-state index contributed by atoms with van der Waals surface area (Å²) in [6, 6.07) is 8.65. The van der Waals surface area contributed by atoms with E-state index in [-0.39, 0.29) is 7.43 Å². The van der Waals surface area contributed by atoms with Gasteiger partial charge in [-0.2, -0.15) is 0 Å². The van der Waals surface area contributed by atoms with Crippen molar-refractivity contribution in [1.82, 2.24) is 0 Å². The molecule has 0 radical (unpaired) electrons. The van der Waals surface area contributed by atoms with Crippen molar-refractivity contribution < 1.29 is 0 Å². The molecule has 0 heteroatoms. The Morgan fingerprint density at radius 3 is 1.36 bits per heavy atom. The lowest BCUT2D eigenvalue weighted by atomic mass is 9.96. The SMILES string of the molecule is C.C#CC.C/C=c1/c(C)c2ccccc2c(C)/c1=C/C.CC. The normalized spacial score (nSPS) is 10.6. The molecular formula is C22H32. The summed E-state index contributed by atoms with van der Waals surface area (Å²) in [6.07, 6.45) is 9.02. The fourth-order valence-electron chi connectivity index (χ4n) is 2.58. The smallest absolute Gasteiger partial charge is 0.00297 e. The van der Waals surface area contributed by atoms with Gasteiger partial charge in [-0.1, -0.05) is 57.7 Å². The minimum absolute atomic E-state index is 0. The highest BCUT2D eigenvalue weighted by molar-refractivity contribution is 5.89. The van der Waals surface area contributed by atoms with E-state index in [9.17, 15) is 0 Å². The maximum absolute atomic E-state index is 4.60. The zero-order chi connectivity index (χ0) is 16.4. The summed E-state index contributed by atoms with van der Waals surface area (Å²) >= 11 is 0. The van der Waals surface area contributed by atoms with Crippen molar-refractivity contribution in [2.75, 3.05) is 0 Å². The number of fused-ring (bicyclic) bond motifs is 1. The second-order valence-electron chi connectivity index (χ2n) is 4.49. The van der Waals surface area contributed by atoms with Crippen LogP contribution in [0.15, 0.2) is 24.3 Å². The van der Waals surface area contributed by atoms with Crippen LogP contribution in [0.4, 0.5) is 0 Å². The van der Waals surface area contributed by atoms with Crippen LogP contribution < -0.4 is 10.4 Å². The summed E-state index contributed by atoms with van der Waals surface area (Å²) in [7, 11) is 0. The van der Waals surface area contributed by atoms with E-state index in [4.69, 9.17) is 0 Å². The van der Waals surface area contributed by atoms with Crippen molar-refractivity contribution >= 4 is 22.9 Å². The topological polar surface area (TPSA) is 0 Å². The summed E-state index contributed by atoms with van der Waals surface area (Å²) in [5.74, 6) is 2.25. The molecule has 2 rings (SSSR count). The van der Waals surface area contributed by atoms with Crippen LogP contribution in [0.1, 0.15) is 53.2 Å². The Bertz CT molecular complexity index is 667. The monoisotopic (exact) mass is 296 g/mol. The van der Waals surface area contributed by atoms with Gasteiger partial charge < -0.3 is 0 Å². The number of terminal acetylenes is 1. The first-order valence-corrected chi connectivity index (χ1v) is 7.60. The van der Waals surface area contributed by atoms with Crippen molar-refractivity contribution in [3.8, 4) is 12.3 Å². The minimum atomic E-state index is 0. The van der Waals surface area contributed by atoms with E-state index < -0.39 is 0 Å². The van der Waals surface area contributed by atoms with Crippen LogP contribution in [0, 0.1) is 26.2 Å².